The summed E-state index contributed by atoms with van der Waals surface area (Å²) in [5.74, 6) is 1.35. The van der Waals surface area contributed by atoms with Gasteiger partial charge in [-0.05, 0) is 59.6 Å². The van der Waals surface area contributed by atoms with Gasteiger partial charge in [-0.25, -0.2) is 0 Å². The van der Waals surface area contributed by atoms with Crippen LogP contribution in [0, 0.1) is 13.8 Å². The predicted octanol–water partition coefficient (Wildman–Crippen LogP) is 3.84. The number of aromatic nitrogens is 3. The molecule has 1 aromatic carbocycles. The lowest BCUT2D eigenvalue weighted by Crippen LogP contribution is -2.15. The molecular formula is C16H14BrN5O2. The van der Waals surface area contributed by atoms with Crippen LogP contribution < -0.4 is 10.6 Å². The molecule has 0 spiro atoms. The van der Waals surface area contributed by atoms with Gasteiger partial charge in [0, 0.05) is 10.5 Å². The zero-order chi connectivity index (χ0) is 17.1. The topological polar surface area (TPSA) is 92.9 Å². The van der Waals surface area contributed by atoms with Crippen LogP contribution >= 0.6 is 15.9 Å². The highest BCUT2D eigenvalue weighted by Crippen LogP contribution is 2.23. The molecule has 0 saturated carbocycles. The van der Waals surface area contributed by atoms with E-state index in [1.54, 1.807) is 25.1 Å². The van der Waals surface area contributed by atoms with E-state index in [-0.39, 0.29) is 11.6 Å². The van der Waals surface area contributed by atoms with E-state index in [1.807, 2.05) is 25.1 Å². The zero-order valence-electron chi connectivity index (χ0n) is 13.0. The van der Waals surface area contributed by atoms with Gasteiger partial charge in [0.2, 0.25) is 0 Å². The number of nitrogens with one attached hydrogen (secondary N) is 2. The molecule has 0 fully saturated rings. The largest absolute Gasteiger partial charge is 0.360 e. The predicted molar refractivity (Wildman–Crippen MR) is 93.4 cm³/mol. The quantitative estimate of drug-likeness (QED) is 0.706. The van der Waals surface area contributed by atoms with Gasteiger partial charge in [-0.1, -0.05) is 11.2 Å². The van der Waals surface area contributed by atoms with Gasteiger partial charge in [-0.2, -0.15) is 0 Å². The monoisotopic (exact) mass is 387 g/mol. The molecule has 122 valence electrons. The third kappa shape index (κ3) is 3.77. The van der Waals surface area contributed by atoms with E-state index in [0.29, 0.717) is 23.1 Å². The molecule has 2 N–H and O–H groups in total. The number of hydrogen-bond donors (Lipinski definition) is 2. The van der Waals surface area contributed by atoms with Crippen molar-refractivity contribution in [3.63, 3.8) is 0 Å². The summed E-state index contributed by atoms with van der Waals surface area (Å²) in [6.45, 7) is 3.77. The number of halogens is 1. The second-order valence-electron chi connectivity index (χ2n) is 5.19. The van der Waals surface area contributed by atoms with E-state index >= 15 is 0 Å². The first-order chi connectivity index (χ1) is 11.5. The van der Waals surface area contributed by atoms with Gasteiger partial charge < -0.3 is 15.2 Å². The number of carbonyl (C=O) groups is 1. The molecule has 0 saturated heterocycles. The molecule has 3 rings (SSSR count). The molecule has 1 amide bonds. The standard InChI is InChI=1S/C16H14BrN5O2/c1-9-3-4-12(11(17)7-9)18-16(23)13-5-6-14(21-20-13)19-15-8-10(2)24-22-15/h3-8H,1-2H3,(H,18,23)(H,19,21,22). The van der Waals surface area contributed by atoms with Crippen LogP contribution in [0.15, 0.2) is 45.4 Å². The van der Waals surface area contributed by atoms with E-state index in [1.165, 1.54) is 0 Å². The molecule has 0 unspecified atom stereocenters. The van der Waals surface area contributed by atoms with Gasteiger partial charge in [0.25, 0.3) is 5.91 Å². The Bertz CT molecular complexity index is 876. The molecule has 0 bridgehead atoms. The van der Waals surface area contributed by atoms with Crippen molar-refractivity contribution in [3.8, 4) is 0 Å². The fraction of sp³-hybridized carbons (Fsp3) is 0.125. The lowest BCUT2D eigenvalue weighted by atomic mass is 10.2. The lowest BCUT2D eigenvalue weighted by Gasteiger charge is -2.07. The summed E-state index contributed by atoms with van der Waals surface area (Å²) >= 11 is 3.42. The summed E-state index contributed by atoms with van der Waals surface area (Å²) in [5, 5.41) is 17.4. The van der Waals surface area contributed by atoms with E-state index in [9.17, 15) is 4.79 Å². The van der Waals surface area contributed by atoms with Gasteiger partial charge in [0.15, 0.2) is 17.3 Å². The average Bonchev–Trinajstić information content (AvgIpc) is 2.96. The Kier molecular flexibility index (Phi) is 4.57. The minimum Gasteiger partial charge on any atom is -0.360 e. The average molecular weight is 388 g/mol. The molecule has 0 atom stereocenters. The number of rotatable bonds is 4. The maximum atomic E-state index is 12.2. The van der Waals surface area contributed by atoms with Crippen molar-refractivity contribution in [2.45, 2.75) is 13.8 Å². The maximum absolute atomic E-state index is 12.2. The molecule has 8 heteroatoms. The zero-order valence-corrected chi connectivity index (χ0v) is 14.6. The van der Waals surface area contributed by atoms with Gasteiger partial charge >= 0.3 is 0 Å². The van der Waals surface area contributed by atoms with E-state index in [2.05, 4.69) is 41.9 Å². The summed E-state index contributed by atoms with van der Waals surface area (Å²) in [6.07, 6.45) is 0. The van der Waals surface area contributed by atoms with E-state index in [4.69, 9.17) is 4.52 Å². The normalized spacial score (nSPS) is 10.5. The molecule has 3 aromatic rings. The lowest BCUT2D eigenvalue weighted by molar-refractivity contribution is 0.102. The molecule has 0 aliphatic carbocycles. The number of hydrogen-bond acceptors (Lipinski definition) is 6. The molecular weight excluding hydrogens is 374 g/mol. The highest BCUT2D eigenvalue weighted by atomic mass is 79.9. The Labute approximate surface area is 146 Å². The molecule has 7 nitrogen and oxygen atoms in total. The molecule has 0 aliphatic heterocycles. The highest BCUT2D eigenvalue weighted by molar-refractivity contribution is 9.10. The van der Waals surface area contributed by atoms with Crippen molar-refractivity contribution in [2.75, 3.05) is 10.6 Å². The Morgan fingerprint density at radius 2 is 1.92 bits per heavy atom. The number of anilines is 3. The first-order valence-electron chi connectivity index (χ1n) is 7.13. The van der Waals surface area contributed by atoms with Crippen LogP contribution in [0.3, 0.4) is 0 Å². The van der Waals surface area contributed by atoms with Crippen LogP contribution in [0.2, 0.25) is 0 Å². The Balaban J connectivity index is 1.69. The third-order valence-electron chi connectivity index (χ3n) is 3.15. The Morgan fingerprint density at radius 1 is 1.08 bits per heavy atom. The minimum atomic E-state index is -0.337. The molecule has 2 heterocycles. The van der Waals surface area contributed by atoms with Crippen molar-refractivity contribution in [1.29, 1.82) is 0 Å². The van der Waals surface area contributed by atoms with E-state index < -0.39 is 0 Å². The first kappa shape index (κ1) is 16.1. The third-order valence-corrected chi connectivity index (χ3v) is 3.81. The van der Waals surface area contributed by atoms with Crippen LogP contribution in [0.4, 0.5) is 17.3 Å². The first-order valence-corrected chi connectivity index (χ1v) is 7.92. The van der Waals surface area contributed by atoms with Gasteiger partial charge in [-0.15, -0.1) is 10.2 Å². The second-order valence-corrected chi connectivity index (χ2v) is 6.04. The van der Waals surface area contributed by atoms with Crippen LogP contribution in [0.1, 0.15) is 21.8 Å². The second kappa shape index (κ2) is 6.79. The maximum Gasteiger partial charge on any atom is 0.276 e. The Morgan fingerprint density at radius 3 is 2.54 bits per heavy atom. The summed E-state index contributed by atoms with van der Waals surface area (Å²) < 4.78 is 5.76. The molecule has 0 radical (unpaired) electrons. The van der Waals surface area contributed by atoms with Gasteiger partial charge in [0.05, 0.1) is 5.69 Å². The van der Waals surface area contributed by atoms with Crippen molar-refractivity contribution in [3.05, 3.63) is 57.9 Å². The SMILES string of the molecule is Cc1ccc(NC(=O)c2ccc(Nc3cc(C)on3)nn2)c(Br)c1. The number of amides is 1. The minimum absolute atomic E-state index is 0.212. The van der Waals surface area contributed by atoms with E-state index in [0.717, 1.165) is 10.0 Å². The van der Waals surface area contributed by atoms with Crippen molar-refractivity contribution >= 4 is 39.2 Å². The smallest absolute Gasteiger partial charge is 0.276 e. The molecule has 2 aromatic heterocycles. The molecule has 24 heavy (non-hydrogen) atoms. The van der Waals surface area contributed by atoms with Crippen molar-refractivity contribution < 1.29 is 9.32 Å². The number of carbonyl (C=O) groups excluding carboxylic acids is 1. The number of nitrogens with zero attached hydrogens (tertiary/aromatic N) is 3. The van der Waals surface area contributed by atoms with Crippen LogP contribution in [-0.2, 0) is 0 Å². The van der Waals surface area contributed by atoms with Gasteiger partial charge in [0.1, 0.15) is 5.76 Å². The van der Waals surface area contributed by atoms with Crippen molar-refractivity contribution in [1.82, 2.24) is 15.4 Å². The summed E-state index contributed by atoms with van der Waals surface area (Å²) in [4.78, 5) is 12.2. The van der Waals surface area contributed by atoms with Gasteiger partial charge in [-0.3, -0.25) is 4.79 Å². The van der Waals surface area contributed by atoms with Crippen LogP contribution in [0.5, 0.6) is 0 Å². The fourth-order valence-corrected chi connectivity index (χ4v) is 2.58. The van der Waals surface area contributed by atoms with Crippen molar-refractivity contribution in [2.24, 2.45) is 0 Å². The summed E-state index contributed by atoms with van der Waals surface area (Å²) in [6, 6.07) is 10.6. The van der Waals surface area contributed by atoms with Crippen LogP contribution in [0.25, 0.3) is 0 Å². The Hall–Kier alpha value is -2.74. The number of aryl methyl sites for hydroxylation is 2. The summed E-state index contributed by atoms with van der Waals surface area (Å²) in [7, 11) is 0. The number of benzene rings is 1. The highest BCUT2D eigenvalue weighted by Gasteiger charge is 2.11. The summed E-state index contributed by atoms with van der Waals surface area (Å²) in [5.41, 5.74) is 1.98. The fourth-order valence-electron chi connectivity index (χ4n) is 1.98. The van der Waals surface area contributed by atoms with Crippen LogP contribution in [-0.4, -0.2) is 21.3 Å². The molecule has 0 aliphatic rings.